The minimum atomic E-state index is -0.519. The molecule has 0 spiro atoms. The van der Waals surface area contributed by atoms with Gasteiger partial charge in [0, 0.05) is 6.54 Å². The largest absolute Gasteiger partial charge is 0.392 e. The molecule has 4 nitrogen and oxygen atoms in total. The molecule has 1 fully saturated rings. The summed E-state index contributed by atoms with van der Waals surface area (Å²) in [7, 11) is 0. The molecule has 1 saturated heterocycles. The maximum atomic E-state index is 9.87. The second-order valence-corrected chi connectivity index (χ2v) is 5.98. The van der Waals surface area contributed by atoms with Crippen LogP contribution in [0, 0.1) is 0 Å². The third kappa shape index (κ3) is 5.97. The molecular weight excluding hydrogens is 319 g/mol. The van der Waals surface area contributed by atoms with Crippen molar-refractivity contribution in [2.24, 2.45) is 5.16 Å². The summed E-state index contributed by atoms with van der Waals surface area (Å²) in [6.45, 7) is 2.96. The summed E-state index contributed by atoms with van der Waals surface area (Å²) in [6.07, 6.45) is 3.21. The Morgan fingerprint density at radius 3 is 2.85 bits per heavy atom. The first-order valence-corrected chi connectivity index (χ1v) is 7.81. The minimum absolute atomic E-state index is 0. The molecule has 0 bridgehead atoms. The number of rotatable bonds is 6. The van der Waals surface area contributed by atoms with Crippen LogP contribution < -0.4 is 0 Å². The maximum absolute atomic E-state index is 9.87. The fraction of sp³-hybridized carbons (Fsp3) is 0.615. The van der Waals surface area contributed by atoms with Crippen LogP contribution in [0.5, 0.6) is 0 Å². The summed E-state index contributed by atoms with van der Waals surface area (Å²) in [5, 5.41) is 15.9. The average molecular weight is 339 g/mol. The van der Waals surface area contributed by atoms with Crippen molar-refractivity contribution in [1.82, 2.24) is 4.90 Å². The van der Waals surface area contributed by atoms with Crippen molar-refractivity contribution in [1.29, 1.82) is 0 Å². The number of piperidine rings is 1. The monoisotopic (exact) mass is 338 g/mol. The molecule has 114 valence electrons. The lowest BCUT2D eigenvalue weighted by molar-refractivity contribution is 0.0161. The number of hydrogen-bond donors (Lipinski definition) is 1. The Kier molecular flexibility index (Phi) is 8.49. The van der Waals surface area contributed by atoms with Crippen molar-refractivity contribution in [3.05, 3.63) is 22.4 Å². The van der Waals surface area contributed by atoms with Gasteiger partial charge in [0.1, 0.15) is 12.7 Å². The summed E-state index contributed by atoms with van der Waals surface area (Å²) in [5.41, 5.74) is 0. The molecule has 0 aliphatic carbocycles. The van der Waals surface area contributed by atoms with E-state index in [0.29, 0.717) is 11.7 Å². The summed E-state index contributed by atoms with van der Waals surface area (Å²) in [6, 6.07) is 3.78. The van der Waals surface area contributed by atoms with Crippen LogP contribution in [0.1, 0.15) is 24.1 Å². The van der Waals surface area contributed by atoms with E-state index in [0.717, 1.165) is 18.0 Å². The standard InChI is InChI=1S/C13H19ClN2O2S.ClH/c14-13(12-5-4-8-19-12)15-18-10-11(17)9-16-6-2-1-3-7-16;/h4-5,8,11,17H,1-3,6-7,9-10H2;1H/b15-13-;. The Morgan fingerprint density at radius 1 is 1.45 bits per heavy atom. The molecule has 2 rings (SSSR count). The van der Waals surface area contributed by atoms with Crippen LogP contribution in [0.2, 0.25) is 0 Å². The van der Waals surface area contributed by atoms with Gasteiger partial charge in [0.2, 0.25) is 0 Å². The van der Waals surface area contributed by atoms with Crippen LogP contribution in [0.25, 0.3) is 0 Å². The quantitative estimate of drug-likeness (QED) is 0.640. The molecule has 1 aromatic rings. The van der Waals surface area contributed by atoms with Crippen LogP contribution in [0.15, 0.2) is 22.7 Å². The van der Waals surface area contributed by atoms with E-state index in [1.54, 1.807) is 0 Å². The van der Waals surface area contributed by atoms with Gasteiger partial charge in [-0.05, 0) is 37.4 Å². The lowest BCUT2D eigenvalue weighted by Crippen LogP contribution is -2.38. The first-order chi connectivity index (χ1) is 9.25. The van der Waals surface area contributed by atoms with Crippen LogP contribution in [0.3, 0.4) is 0 Å². The van der Waals surface area contributed by atoms with E-state index in [4.69, 9.17) is 16.4 Å². The Morgan fingerprint density at radius 2 is 2.20 bits per heavy atom. The third-order valence-electron chi connectivity index (χ3n) is 3.05. The van der Waals surface area contributed by atoms with Gasteiger partial charge in [-0.3, -0.25) is 0 Å². The molecule has 1 aromatic heterocycles. The van der Waals surface area contributed by atoms with Crippen LogP contribution >= 0.6 is 35.3 Å². The van der Waals surface area contributed by atoms with Crippen molar-refractivity contribution in [2.75, 3.05) is 26.2 Å². The molecule has 0 saturated carbocycles. The van der Waals surface area contributed by atoms with Gasteiger partial charge in [0.05, 0.1) is 4.88 Å². The molecular formula is C13H20Cl2N2O2S. The van der Waals surface area contributed by atoms with Crippen LogP contribution in [0.4, 0.5) is 0 Å². The van der Waals surface area contributed by atoms with E-state index >= 15 is 0 Å². The van der Waals surface area contributed by atoms with Gasteiger partial charge in [-0.15, -0.1) is 23.7 Å². The number of hydrogen-bond acceptors (Lipinski definition) is 5. The molecule has 0 aromatic carbocycles. The molecule has 7 heteroatoms. The molecule has 0 radical (unpaired) electrons. The number of aliphatic hydroxyl groups excluding tert-OH is 1. The number of β-amino-alcohol motifs (C(OH)–C–C–N with tert-alkyl or cyclic N) is 1. The third-order valence-corrected chi connectivity index (χ3v) is 4.31. The van der Waals surface area contributed by atoms with Crippen molar-refractivity contribution in [3.63, 3.8) is 0 Å². The molecule has 1 aliphatic heterocycles. The predicted molar refractivity (Wildman–Crippen MR) is 86.2 cm³/mol. The number of aliphatic hydroxyl groups is 1. The summed E-state index contributed by atoms with van der Waals surface area (Å²) in [4.78, 5) is 8.24. The molecule has 0 amide bonds. The maximum Gasteiger partial charge on any atom is 0.185 e. The predicted octanol–water partition coefficient (Wildman–Crippen LogP) is 2.93. The van der Waals surface area contributed by atoms with Gasteiger partial charge in [0.25, 0.3) is 0 Å². The fourth-order valence-electron chi connectivity index (χ4n) is 2.11. The summed E-state index contributed by atoms with van der Waals surface area (Å²) < 4.78 is 0. The van der Waals surface area contributed by atoms with Crippen molar-refractivity contribution < 1.29 is 9.94 Å². The normalized spacial score (nSPS) is 18.4. The van der Waals surface area contributed by atoms with E-state index in [1.807, 2.05) is 17.5 Å². The number of oxime groups is 1. The Hall–Kier alpha value is -0.330. The lowest BCUT2D eigenvalue weighted by atomic mass is 10.1. The average Bonchev–Trinajstić information content (AvgIpc) is 2.93. The smallest absolute Gasteiger partial charge is 0.185 e. The molecule has 1 atom stereocenters. The minimum Gasteiger partial charge on any atom is -0.392 e. The Labute approximate surface area is 134 Å². The highest BCUT2D eigenvalue weighted by molar-refractivity contribution is 7.14. The lowest BCUT2D eigenvalue weighted by Gasteiger charge is -2.27. The highest BCUT2D eigenvalue weighted by Gasteiger charge is 2.15. The zero-order valence-electron chi connectivity index (χ0n) is 11.2. The highest BCUT2D eigenvalue weighted by Crippen LogP contribution is 2.13. The number of likely N-dealkylation sites (tertiary alicyclic amines) is 1. The number of halogens is 2. The van der Waals surface area contributed by atoms with E-state index in [-0.39, 0.29) is 19.0 Å². The van der Waals surface area contributed by atoms with E-state index in [1.165, 1.54) is 30.6 Å². The Balaban J connectivity index is 0.00000200. The van der Waals surface area contributed by atoms with Crippen LogP contribution in [-0.4, -0.2) is 47.5 Å². The Bertz CT molecular complexity index is 395. The van der Waals surface area contributed by atoms with E-state index < -0.39 is 6.10 Å². The van der Waals surface area contributed by atoms with Gasteiger partial charge in [0.15, 0.2) is 5.17 Å². The van der Waals surface area contributed by atoms with Gasteiger partial charge in [-0.1, -0.05) is 29.2 Å². The van der Waals surface area contributed by atoms with E-state index in [9.17, 15) is 5.11 Å². The summed E-state index contributed by atoms with van der Waals surface area (Å²) in [5.74, 6) is 0. The van der Waals surface area contributed by atoms with Crippen molar-refractivity contribution in [2.45, 2.75) is 25.4 Å². The number of nitrogens with zero attached hydrogens (tertiary/aromatic N) is 2. The molecule has 20 heavy (non-hydrogen) atoms. The van der Waals surface area contributed by atoms with Gasteiger partial charge in [-0.2, -0.15) is 0 Å². The molecule has 1 N–H and O–H groups in total. The topological polar surface area (TPSA) is 45.1 Å². The second-order valence-electron chi connectivity index (χ2n) is 4.67. The fourth-order valence-corrected chi connectivity index (χ4v) is 2.95. The first kappa shape index (κ1) is 17.7. The zero-order chi connectivity index (χ0) is 13.5. The highest BCUT2D eigenvalue weighted by atomic mass is 35.5. The van der Waals surface area contributed by atoms with Crippen LogP contribution in [-0.2, 0) is 4.84 Å². The SMILES string of the molecule is Cl.OC(CO/N=C(\Cl)c1cccs1)CN1CCCCC1. The van der Waals surface area contributed by atoms with Gasteiger partial charge in [-0.25, -0.2) is 0 Å². The van der Waals surface area contributed by atoms with E-state index in [2.05, 4.69) is 10.1 Å². The van der Waals surface area contributed by atoms with Crippen molar-refractivity contribution >= 4 is 40.5 Å². The van der Waals surface area contributed by atoms with Gasteiger partial charge < -0.3 is 14.8 Å². The second kappa shape index (κ2) is 9.58. The van der Waals surface area contributed by atoms with Gasteiger partial charge >= 0.3 is 0 Å². The molecule has 1 aliphatic rings. The first-order valence-electron chi connectivity index (χ1n) is 6.55. The van der Waals surface area contributed by atoms with Crippen molar-refractivity contribution in [3.8, 4) is 0 Å². The molecule has 2 heterocycles. The molecule has 1 unspecified atom stereocenters. The zero-order valence-corrected chi connectivity index (χ0v) is 13.6. The number of thiophene rings is 1. The summed E-state index contributed by atoms with van der Waals surface area (Å²) >= 11 is 7.47.